The fourth-order valence-corrected chi connectivity index (χ4v) is 1.25. The first-order valence-corrected chi connectivity index (χ1v) is 4.12. The SMILES string of the molecule is C=C(Cl)c1ccccc1N(C)C. The highest BCUT2D eigenvalue weighted by atomic mass is 35.5. The lowest BCUT2D eigenvalue weighted by Crippen LogP contribution is -2.10. The molecule has 1 aromatic carbocycles. The maximum absolute atomic E-state index is 5.83. The maximum Gasteiger partial charge on any atom is 0.0449 e. The van der Waals surface area contributed by atoms with Gasteiger partial charge in [0.25, 0.3) is 0 Å². The highest BCUT2D eigenvalue weighted by Crippen LogP contribution is 2.26. The summed E-state index contributed by atoms with van der Waals surface area (Å²) < 4.78 is 0. The monoisotopic (exact) mass is 181 g/mol. The van der Waals surface area contributed by atoms with Crippen LogP contribution in [0.4, 0.5) is 5.69 Å². The summed E-state index contributed by atoms with van der Waals surface area (Å²) in [4.78, 5) is 2.02. The van der Waals surface area contributed by atoms with Gasteiger partial charge in [0.2, 0.25) is 0 Å². The first kappa shape index (κ1) is 9.14. The Kier molecular flexibility index (Phi) is 2.77. The van der Waals surface area contributed by atoms with Crippen LogP contribution in [0, 0.1) is 0 Å². The van der Waals surface area contributed by atoms with E-state index in [1.807, 2.05) is 43.3 Å². The van der Waals surface area contributed by atoms with E-state index in [4.69, 9.17) is 11.6 Å². The summed E-state index contributed by atoms with van der Waals surface area (Å²) in [5.41, 5.74) is 2.08. The van der Waals surface area contributed by atoms with Crippen LogP contribution >= 0.6 is 11.6 Å². The second-order valence-electron chi connectivity index (χ2n) is 2.82. The van der Waals surface area contributed by atoms with Gasteiger partial charge in [-0.3, -0.25) is 0 Å². The first-order chi connectivity index (χ1) is 5.63. The molecule has 0 aliphatic heterocycles. The van der Waals surface area contributed by atoms with E-state index in [1.165, 1.54) is 0 Å². The average molecular weight is 182 g/mol. The van der Waals surface area contributed by atoms with Crippen molar-refractivity contribution < 1.29 is 0 Å². The van der Waals surface area contributed by atoms with Gasteiger partial charge in [0, 0.05) is 30.4 Å². The fourth-order valence-electron chi connectivity index (χ4n) is 1.09. The van der Waals surface area contributed by atoms with Gasteiger partial charge in [-0.1, -0.05) is 36.4 Å². The molecule has 0 amide bonds. The Hall–Kier alpha value is -0.950. The molecule has 0 saturated carbocycles. The topological polar surface area (TPSA) is 3.24 Å². The molecule has 0 spiro atoms. The largest absolute Gasteiger partial charge is 0.377 e. The molecule has 2 heteroatoms. The minimum absolute atomic E-state index is 0.583. The second-order valence-corrected chi connectivity index (χ2v) is 3.27. The van der Waals surface area contributed by atoms with Crippen LogP contribution in [0.5, 0.6) is 0 Å². The van der Waals surface area contributed by atoms with Gasteiger partial charge in [0.15, 0.2) is 0 Å². The van der Waals surface area contributed by atoms with Gasteiger partial charge >= 0.3 is 0 Å². The normalized spacial score (nSPS) is 9.58. The number of nitrogens with zero attached hydrogens (tertiary/aromatic N) is 1. The Balaban J connectivity index is 3.17. The van der Waals surface area contributed by atoms with Crippen LogP contribution in [0.2, 0.25) is 0 Å². The van der Waals surface area contributed by atoms with E-state index in [2.05, 4.69) is 6.58 Å². The van der Waals surface area contributed by atoms with Crippen LogP contribution in [0.1, 0.15) is 5.56 Å². The Morgan fingerprint density at radius 2 is 1.92 bits per heavy atom. The molecule has 0 atom stereocenters. The molecule has 12 heavy (non-hydrogen) atoms. The molecule has 0 N–H and O–H groups in total. The Morgan fingerprint density at radius 3 is 2.33 bits per heavy atom. The lowest BCUT2D eigenvalue weighted by molar-refractivity contribution is 1.13. The van der Waals surface area contributed by atoms with Crippen molar-refractivity contribution in [3.63, 3.8) is 0 Å². The second kappa shape index (κ2) is 3.63. The Bertz CT molecular complexity index is 292. The van der Waals surface area contributed by atoms with Crippen molar-refractivity contribution in [2.45, 2.75) is 0 Å². The lowest BCUT2D eigenvalue weighted by atomic mass is 10.1. The van der Waals surface area contributed by atoms with E-state index >= 15 is 0 Å². The summed E-state index contributed by atoms with van der Waals surface area (Å²) in [5.74, 6) is 0. The molecule has 0 aliphatic carbocycles. The van der Waals surface area contributed by atoms with Crippen molar-refractivity contribution in [3.8, 4) is 0 Å². The standard InChI is InChI=1S/C10H12ClN/c1-8(11)9-6-4-5-7-10(9)12(2)3/h4-7H,1H2,2-3H3. The lowest BCUT2D eigenvalue weighted by Gasteiger charge is -2.16. The molecule has 0 unspecified atom stereocenters. The third-order valence-corrected chi connectivity index (χ3v) is 1.88. The quantitative estimate of drug-likeness (QED) is 0.678. The van der Waals surface area contributed by atoms with Gasteiger partial charge in [-0.15, -0.1) is 0 Å². The molecule has 0 fully saturated rings. The zero-order chi connectivity index (χ0) is 9.14. The third-order valence-electron chi connectivity index (χ3n) is 1.68. The molecule has 1 nitrogen and oxygen atoms in total. The number of rotatable bonds is 2. The van der Waals surface area contributed by atoms with Gasteiger partial charge in [-0.2, -0.15) is 0 Å². The number of hydrogen-bond donors (Lipinski definition) is 0. The highest BCUT2D eigenvalue weighted by Gasteiger charge is 2.03. The molecule has 1 rings (SSSR count). The van der Waals surface area contributed by atoms with E-state index in [-0.39, 0.29) is 0 Å². The first-order valence-electron chi connectivity index (χ1n) is 3.74. The van der Waals surface area contributed by atoms with Crippen molar-refractivity contribution in [2.24, 2.45) is 0 Å². The number of hydrogen-bond acceptors (Lipinski definition) is 1. The van der Waals surface area contributed by atoms with Crippen LogP contribution in [-0.4, -0.2) is 14.1 Å². The summed E-state index contributed by atoms with van der Waals surface area (Å²) in [6, 6.07) is 7.92. The summed E-state index contributed by atoms with van der Waals surface area (Å²) >= 11 is 5.83. The minimum atomic E-state index is 0.583. The zero-order valence-electron chi connectivity index (χ0n) is 7.34. The van der Waals surface area contributed by atoms with Crippen molar-refractivity contribution >= 4 is 22.3 Å². The number of halogens is 1. The third kappa shape index (κ3) is 1.80. The van der Waals surface area contributed by atoms with E-state index in [1.54, 1.807) is 0 Å². The van der Waals surface area contributed by atoms with E-state index in [0.717, 1.165) is 11.3 Å². The summed E-state index contributed by atoms with van der Waals surface area (Å²) in [6.45, 7) is 3.71. The van der Waals surface area contributed by atoms with Crippen molar-refractivity contribution in [1.29, 1.82) is 0 Å². The van der Waals surface area contributed by atoms with Crippen molar-refractivity contribution in [1.82, 2.24) is 0 Å². The molecule has 0 aliphatic rings. The zero-order valence-corrected chi connectivity index (χ0v) is 8.10. The van der Waals surface area contributed by atoms with E-state index < -0.39 is 0 Å². The number of benzene rings is 1. The molecule has 0 heterocycles. The molecule has 64 valence electrons. The molecule has 0 saturated heterocycles. The summed E-state index contributed by atoms with van der Waals surface area (Å²) in [7, 11) is 3.97. The Labute approximate surface area is 78.3 Å². The van der Waals surface area contributed by atoms with Crippen molar-refractivity contribution in [3.05, 3.63) is 36.4 Å². The fraction of sp³-hybridized carbons (Fsp3) is 0.200. The van der Waals surface area contributed by atoms with Crippen LogP contribution in [-0.2, 0) is 0 Å². The highest BCUT2D eigenvalue weighted by molar-refractivity contribution is 6.48. The van der Waals surface area contributed by atoms with Crippen LogP contribution in [0.3, 0.4) is 0 Å². The molecule has 0 radical (unpaired) electrons. The molecular weight excluding hydrogens is 170 g/mol. The van der Waals surface area contributed by atoms with Gasteiger partial charge in [-0.05, 0) is 6.07 Å². The predicted octanol–water partition coefficient (Wildman–Crippen LogP) is 2.96. The smallest absolute Gasteiger partial charge is 0.0449 e. The van der Waals surface area contributed by atoms with Crippen LogP contribution in [0.15, 0.2) is 30.8 Å². The van der Waals surface area contributed by atoms with E-state index in [0.29, 0.717) is 5.03 Å². The molecule has 0 bridgehead atoms. The Morgan fingerprint density at radius 1 is 1.33 bits per heavy atom. The van der Waals surface area contributed by atoms with Gasteiger partial charge in [0.05, 0.1) is 0 Å². The minimum Gasteiger partial charge on any atom is -0.377 e. The predicted molar refractivity (Wildman–Crippen MR) is 55.7 cm³/mol. The summed E-state index contributed by atoms with van der Waals surface area (Å²) in [6.07, 6.45) is 0. The maximum atomic E-state index is 5.83. The molecule has 0 aromatic heterocycles. The molecule has 1 aromatic rings. The van der Waals surface area contributed by atoms with Crippen LogP contribution in [0.25, 0.3) is 5.03 Å². The molecular formula is C10H12ClN. The van der Waals surface area contributed by atoms with Crippen LogP contribution < -0.4 is 4.90 Å². The van der Waals surface area contributed by atoms with E-state index in [9.17, 15) is 0 Å². The number of para-hydroxylation sites is 1. The van der Waals surface area contributed by atoms with Gasteiger partial charge < -0.3 is 4.90 Å². The van der Waals surface area contributed by atoms with Gasteiger partial charge in [-0.25, -0.2) is 0 Å². The van der Waals surface area contributed by atoms with Crippen molar-refractivity contribution in [2.75, 3.05) is 19.0 Å². The number of anilines is 1. The van der Waals surface area contributed by atoms with Gasteiger partial charge in [0.1, 0.15) is 0 Å². The average Bonchev–Trinajstić information content (AvgIpc) is 2.04. The summed E-state index contributed by atoms with van der Waals surface area (Å²) in [5, 5.41) is 0.583.